The number of furan rings is 1. The van der Waals surface area contributed by atoms with E-state index >= 15 is 0 Å². The molecular weight excluding hydrogens is 446 g/mol. The Labute approximate surface area is 192 Å². The van der Waals surface area contributed by atoms with Crippen molar-refractivity contribution in [1.82, 2.24) is 15.0 Å². The lowest BCUT2D eigenvalue weighted by atomic mass is 10.1. The number of amides is 2. The molecule has 0 aliphatic carbocycles. The molecule has 0 aliphatic rings. The topological polar surface area (TPSA) is 110 Å². The Morgan fingerprint density at radius 2 is 1.84 bits per heavy atom. The predicted octanol–water partition coefficient (Wildman–Crippen LogP) is 5.10. The van der Waals surface area contributed by atoms with Gasteiger partial charge in [-0.05, 0) is 37.4 Å². The first kappa shape index (κ1) is 21.7. The number of anilines is 2. The number of carbonyl (C=O) groups is 2. The minimum Gasteiger partial charge on any atom is -0.461 e. The zero-order valence-corrected chi connectivity index (χ0v) is 19.1. The molecular formula is C22H19N5O3S2. The second-order valence-corrected chi connectivity index (χ2v) is 8.40. The quantitative estimate of drug-likeness (QED) is 0.301. The highest BCUT2D eigenvalue weighted by Gasteiger charge is 2.21. The molecule has 162 valence electrons. The van der Waals surface area contributed by atoms with Crippen LogP contribution in [0.5, 0.6) is 0 Å². The summed E-state index contributed by atoms with van der Waals surface area (Å²) in [4.78, 5) is 37.6. The Morgan fingerprint density at radius 1 is 1.06 bits per heavy atom. The SMILES string of the molecule is CSc1nc(-c2ccco2)nc(C)c1C(=O)Nc1nc(-c2ccc(NC(C)=O)cc2)cs1. The molecule has 0 unspecified atom stereocenters. The van der Waals surface area contributed by atoms with Crippen molar-refractivity contribution in [1.29, 1.82) is 0 Å². The Kier molecular flexibility index (Phi) is 6.33. The number of aromatic nitrogens is 3. The summed E-state index contributed by atoms with van der Waals surface area (Å²) in [6.45, 7) is 3.23. The van der Waals surface area contributed by atoms with Crippen LogP contribution in [-0.2, 0) is 4.79 Å². The van der Waals surface area contributed by atoms with Crippen LogP contribution in [0.1, 0.15) is 23.0 Å². The number of thioether (sulfide) groups is 1. The van der Waals surface area contributed by atoms with Gasteiger partial charge in [0.2, 0.25) is 5.91 Å². The molecule has 0 fully saturated rings. The Bertz CT molecular complexity index is 1270. The molecule has 0 spiro atoms. The largest absolute Gasteiger partial charge is 0.461 e. The van der Waals surface area contributed by atoms with E-state index in [0.717, 1.165) is 11.3 Å². The van der Waals surface area contributed by atoms with Gasteiger partial charge in [-0.1, -0.05) is 12.1 Å². The van der Waals surface area contributed by atoms with Gasteiger partial charge >= 0.3 is 0 Å². The number of benzene rings is 1. The average Bonchev–Trinajstić information content (AvgIpc) is 3.45. The summed E-state index contributed by atoms with van der Waals surface area (Å²) in [7, 11) is 0. The van der Waals surface area contributed by atoms with Crippen molar-refractivity contribution in [3.8, 4) is 22.8 Å². The van der Waals surface area contributed by atoms with Crippen molar-refractivity contribution in [2.45, 2.75) is 18.9 Å². The summed E-state index contributed by atoms with van der Waals surface area (Å²) >= 11 is 2.69. The smallest absolute Gasteiger partial charge is 0.262 e. The standard InChI is InChI=1S/C22H19N5O3S2/c1-12-18(21(31-3)26-19(23-12)17-5-4-10-30-17)20(29)27-22-25-16(11-32-22)14-6-8-15(9-7-14)24-13(2)28/h4-11H,1-3H3,(H,24,28)(H,25,27,29). The van der Waals surface area contributed by atoms with Crippen LogP contribution in [0.4, 0.5) is 10.8 Å². The zero-order chi connectivity index (χ0) is 22.7. The van der Waals surface area contributed by atoms with Crippen molar-refractivity contribution < 1.29 is 14.0 Å². The van der Waals surface area contributed by atoms with Gasteiger partial charge in [-0.3, -0.25) is 14.9 Å². The van der Waals surface area contributed by atoms with E-state index in [-0.39, 0.29) is 11.8 Å². The van der Waals surface area contributed by atoms with Crippen LogP contribution in [0.25, 0.3) is 22.8 Å². The molecule has 0 saturated heterocycles. The summed E-state index contributed by atoms with van der Waals surface area (Å²) in [5.74, 6) is 0.536. The van der Waals surface area contributed by atoms with Gasteiger partial charge in [0.1, 0.15) is 5.03 Å². The van der Waals surface area contributed by atoms with E-state index < -0.39 is 0 Å². The monoisotopic (exact) mass is 465 g/mol. The number of hydrogen-bond acceptors (Lipinski definition) is 8. The molecule has 2 amide bonds. The lowest BCUT2D eigenvalue weighted by Gasteiger charge is -2.10. The minimum atomic E-state index is -0.320. The number of thiazole rings is 1. The Morgan fingerprint density at radius 3 is 2.50 bits per heavy atom. The van der Waals surface area contributed by atoms with Crippen molar-refractivity contribution >= 4 is 45.7 Å². The summed E-state index contributed by atoms with van der Waals surface area (Å²) in [6.07, 6.45) is 3.41. The normalized spacial score (nSPS) is 10.7. The Balaban J connectivity index is 1.54. The summed E-state index contributed by atoms with van der Waals surface area (Å²) < 4.78 is 5.38. The first-order valence-corrected chi connectivity index (χ1v) is 11.7. The van der Waals surface area contributed by atoms with Crippen LogP contribution < -0.4 is 10.6 Å². The van der Waals surface area contributed by atoms with Gasteiger partial charge in [0.05, 0.1) is 23.2 Å². The van der Waals surface area contributed by atoms with E-state index in [1.807, 2.05) is 23.8 Å². The predicted molar refractivity (Wildman–Crippen MR) is 126 cm³/mol. The molecule has 1 aromatic carbocycles. The van der Waals surface area contributed by atoms with Crippen molar-refractivity contribution in [2.24, 2.45) is 0 Å². The maximum absolute atomic E-state index is 13.0. The Hall–Kier alpha value is -3.50. The molecule has 0 saturated carbocycles. The fourth-order valence-corrected chi connectivity index (χ4v) is 4.36. The molecule has 4 aromatic rings. The van der Waals surface area contributed by atoms with Crippen LogP contribution in [0, 0.1) is 6.92 Å². The number of hydrogen-bond donors (Lipinski definition) is 2. The third-order valence-corrected chi connectivity index (χ3v) is 5.88. The summed E-state index contributed by atoms with van der Waals surface area (Å²) in [5, 5.41) is 8.47. The molecule has 8 nitrogen and oxygen atoms in total. The molecule has 10 heteroatoms. The first-order valence-electron chi connectivity index (χ1n) is 9.56. The highest BCUT2D eigenvalue weighted by atomic mass is 32.2. The molecule has 0 radical (unpaired) electrons. The summed E-state index contributed by atoms with van der Waals surface area (Å²) in [6, 6.07) is 10.9. The molecule has 0 atom stereocenters. The van der Waals surface area contributed by atoms with E-state index in [1.165, 1.54) is 30.0 Å². The van der Waals surface area contributed by atoms with Gasteiger partial charge in [-0.25, -0.2) is 15.0 Å². The van der Waals surface area contributed by atoms with E-state index in [4.69, 9.17) is 4.42 Å². The van der Waals surface area contributed by atoms with Gasteiger partial charge in [0, 0.05) is 23.6 Å². The highest BCUT2D eigenvalue weighted by molar-refractivity contribution is 7.98. The van der Waals surface area contributed by atoms with E-state index in [9.17, 15) is 9.59 Å². The fraction of sp³-hybridized carbons (Fsp3) is 0.136. The van der Waals surface area contributed by atoms with Crippen LogP contribution >= 0.6 is 23.1 Å². The van der Waals surface area contributed by atoms with Gasteiger partial charge in [0.25, 0.3) is 5.91 Å². The number of rotatable bonds is 6. The van der Waals surface area contributed by atoms with Gasteiger partial charge in [-0.2, -0.15) is 0 Å². The molecule has 32 heavy (non-hydrogen) atoms. The fourth-order valence-electron chi connectivity index (χ4n) is 3.02. The second kappa shape index (κ2) is 9.33. The molecule has 0 bridgehead atoms. The van der Waals surface area contributed by atoms with Gasteiger partial charge < -0.3 is 9.73 Å². The van der Waals surface area contributed by atoms with E-state index in [2.05, 4.69) is 25.6 Å². The van der Waals surface area contributed by atoms with Crippen molar-refractivity contribution in [2.75, 3.05) is 16.9 Å². The van der Waals surface area contributed by atoms with Crippen LogP contribution in [0.15, 0.2) is 57.5 Å². The molecule has 0 aliphatic heterocycles. The summed E-state index contributed by atoms with van der Waals surface area (Å²) in [5.41, 5.74) is 3.28. The van der Waals surface area contributed by atoms with E-state index in [0.29, 0.717) is 38.7 Å². The van der Waals surface area contributed by atoms with Gasteiger partial charge in [-0.15, -0.1) is 23.1 Å². The maximum atomic E-state index is 13.0. The average molecular weight is 466 g/mol. The second-order valence-electron chi connectivity index (χ2n) is 6.74. The first-order chi connectivity index (χ1) is 15.4. The van der Waals surface area contributed by atoms with Gasteiger partial charge in [0.15, 0.2) is 16.7 Å². The lowest BCUT2D eigenvalue weighted by Crippen LogP contribution is -2.16. The minimum absolute atomic E-state index is 0.127. The molecule has 3 aromatic heterocycles. The number of nitrogens with one attached hydrogen (secondary N) is 2. The number of nitrogens with zero attached hydrogens (tertiary/aromatic N) is 3. The third kappa shape index (κ3) is 4.71. The number of carbonyl (C=O) groups excluding carboxylic acids is 2. The molecule has 2 N–H and O–H groups in total. The van der Waals surface area contributed by atoms with Crippen LogP contribution in [0.2, 0.25) is 0 Å². The maximum Gasteiger partial charge on any atom is 0.262 e. The highest BCUT2D eigenvalue weighted by Crippen LogP contribution is 2.29. The van der Waals surface area contributed by atoms with Crippen molar-refractivity contribution in [3.63, 3.8) is 0 Å². The molecule has 4 rings (SSSR count). The van der Waals surface area contributed by atoms with Crippen LogP contribution in [-0.4, -0.2) is 33.0 Å². The number of aryl methyl sites for hydroxylation is 1. The third-order valence-electron chi connectivity index (χ3n) is 4.44. The van der Waals surface area contributed by atoms with E-state index in [1.54, 1.807) is 37.5 Å². The van der Waals surface area contributed by atoms with Crippen LogP contribution in [0.3, 0.4) is 0 Å². The lowest BCUT2D eigenvalue weighted by molar-refractivity contribution is -0.114. The van der Waals surface area contributed by atoms with Crippen molar-refractivity contribution in [3.05, 3.63) is 59.3 Å². The molecule has 3 heterocycles. The zero-order valence-electron chi connectivity index (χ0n) is 17.5.